The van der Waals surface area contributed by atoms with E-state index < -0.39 is 0 Å². The SMILES string of the molecule is CCc1ccc(NC(=O)[C@H]2CCCN(Cc3ccc(Cl)cc3Cl)C2)cc1. The largest absolute Gasteiger partial charge is 0.326 e. The molecule has 0 aromatic heterocycles. The molecule has 0 saturated carbocycles. The van der Waals surface area contributed by atoms with Crippen molar-refractivity contribution >= 4 is 34.8 Å². The molecule has 1 amide bonds. The fourth-order valence-electron chi connectivity index (χ4n) is 3.37. The van der Waals surface area contributed by atoms with Gasteiger partial charge in [-0.2, -0.15) is 0 Å². The number of nitrogens with one attached hydrogen (secondary N) is 1. The van der Waals surface area contributed by atoms with E-state index in [1.54, 1.807) is 6.07 Å². The van der Waals surface area contributed by atoms with Gasteiger partial charge < -0.3 is 5.32 Å². The Morgan fingerprint density at radius 3 is 2.65 bits per heavy atom. The molecule has 1 atom stereocenters. The van der Waals surface area contributed by atoms with Crippen LogP contribution in [0, 0.1) is 5.92 Å². The van der Waals surface area contributed by atoms with Crippen LogP contribution in [0.2, 0.25) is 10.0 Å². The van der Waals surface area contributed by atoms with Crippen molar-refractivity contribution in [2.75, 3.05) is 18.4 Å². The number of rotatable bonds is 5. The van der Waals surface area contributed by atoms with Gasteiger partial charge in [0.1, 0.15) is 0 Å². The number of benzene rings is 2. The normalized spacial score (nSPS) is 17.9. The Balaban J connectivity index is 1.59. The number of aryl methyl sites for hydroxylation is 1. The van der Waals surface area contributed by atoms with Gasteiger partial charge in [-0.15, -0.1) is 0 Å². The summed E-state index contributed by atoms with van der Waals surface area (Å²) in [6, 6.07) is 13.7. The number of likely N-dealkylation sites (tertiary alicyclic amines) is 1. The summed E-state index contributed by atoms with van der Waals surface area (Å²) in [6.45, 7) is 4.59. The summed E-state index contributed by atoms with van der Waals surface area (Å²) in [6.07, 6.45) is 2.93. The zero-order chi connectivity index (χ0) is 18.5. The van der Waals surface area contributed by atoms with E-state index in [9.17, 15) is 4.79 Å². The maximum Gasteiger partial charge on any atom is 0.228 e. The minimum atomic E-state index is 0.000627. The van der Waals surface area contributed by atoms with Gasteiger partial charge in [0.25, 0.3) is 0 Å². The molecule has 0 spiro atoms. The first-order chi connectivity index (χ1) is 12.5. The van der Waals surface area contributed by atoms with Gasteiger partial charge in [0.2, 0.25) is 5.91 Å². The number of hydrogen-bond donors (Lipinski definition) is 1. The first-order valence-corrected chi connectivity index (χ1v) is 9.87. The maximum atomic E-state index is 12.7. The molecule has 0 bridgehead atoms. The van der Waals surface area contributed by atoms with Crippen molar-refractivity contribution in [2.45, 2.75) is 32.7 Å². The number of halogens is 2. The quantitative estimate of drug-likeness (QED) is 0.740. The molecule has 1 saturated heterocycles. The van der Waals surface area contributed by atoms with Crippen molar-refractivity contribution in [3.63, 3.8) is 0 Å². The average Bonchev–Trinajstić information content (AvgIpc) is 2.65. The minimum absolute atomic E-state index is 0.000627. The van der Waals surface area contributed by atoms with Crippen molar-refractivity contribution in [1.82, 2.24) is 4.90 Å². The molecule has 0 aliphatic carbocycles. The average molecular weight is 391 g/mol. The lowest BCUT2D eigenvalue weighted by Crippen LogP contribution is -2.40. The molecular formula is C21H24Cl2N2O. The Morgan fingerprint density at radius 1 is 1.19 bits per heavy atom. The Hall–Kier alpha value is -1.55. The van der Waals surface area contributed by atoms with Crippen LogP contribution in [0.15, 0.2) is 42.5 Å². The lowest BCUT2D eigenvalue weighted by atomic mass is 9.96. The van der Waals surface area contributed by atoms with Gasteiger partial charge in [0, 0.05) is 28.8 Å². The van der Waals surface area contributed by atoms with Crippen LogP contribution < -0.4 is 5.32 Å². The topological polar surface area (TPSA) is 32.3 Å². The fourth-order valence-corrected chi connectivity index (χ4v) is 3.84. The van der Waals surface area contributed by atoms with E-state index >= 15 is 0 Å². The number of hydrogen-bond acceptors (Lipinski definition) is 2. The predicted octanol–water partition coefficient (Wildman–Crippen LogP) is 5.41. The van der Waals surface area contributed by atoms with E-state index in [4.69, 9.17) is 23.2 Å². The third kappa shape index (κ3) is 5.00. The van der Waals surface area contributed by atoms with Gasteiger partial charge in [-0.25, -0.2) is 0 Å². The second-order valence-electron chi connectivity index (χ2n) is 6.85. The van der Waals surface area contributed by atoms with E-state index in [1.807, 2.05) is 24.3 Å². The van der Waals surface area contributed by atoms with Gasteiger partial charge in [-0.3, -0.25) is 9.69 Å². The monoisotopic (exact) mass is 390 g/mol. The van der Waals surface area contributed by atoms with Gasteiger partial charge >= 0.3 is 0 Å². The van der Waals surface area contributed by atoms with E-state index in [0.717, 1.165) is 50.1 Å². The molecule has 3 nitrogen and oxygen atoms in total. The van der Waals surface area contributed by atoms with Crippen molar-refractivity contribution in [2.24, 2.45) is 5.92 Å². The van der Waals surface area contributed by atoms with Crippen LogP contribution in [-0.4, -0.2) is 23.9 Å². The molecule has 138 valence electrons. The fraction of sp³-hybridized carbons (Fsp3) is 0.381. The van der Waals surface area contributed by atoms with Crippen molar-refractivity contribution in [3.8, 4) is 0 Å². The van der Waals surface area contributed by atoms with Crippen LogP contribution >= 0.6 is 23.2 Å². The molecule has 1 aliphatic rings. The number of piperidine rings is 1. The highest BCUT2D eigenvalue weighted by Crippen LogP contribution is 2.25. The summed E-state index contributed by atoms with van der Waals surface area (Å²) in [7, 11) is 0. The molecule has 26 heavy (non-hydrogen) atoms. The summed E-state index contributed by atoms with van der Waals surface area (Å²) in [5, 5.41) is 4.38. The molecule has 1 aliphatic heterocycles. The van der Waals surface area contributed by atoms with Gasteiger partial charge in [0.05, 0.1) is 5.92 Å². The van der Waals surface area contributed by atoms with Crippen LogP contribution in [0.1, 0.15) is 30.9 Å². The Kier molecular flexibility index (Phi) is 6.58. The highest BCUT2D eigenvalue weighted by Gasteiger charge is 2.26. The molecule has 3 rings (SSSR count). The molecule has 2 aromatic carbocycles. The number of nitrogens with zero attached hydrogens (tertiary/aromatic N) is 1. The van der Waals surface area contributed by atoms with Crippen LogP contribution in [0.4, 0.5) is 5.69 Å². The summed E-state index contributed by atoms with van der Waals surface area (Å²) >= 11 is 12.3. The third-order valence-corrected chi connectivity index (χ3v) is 5.50. The number of anilines is 1. The van der Waals surface area contributed by atoms with E-state index in [2.05, 4.69) is 29.3 Å². The Bertz CT molecular complexity index is 761. The first kappa shape index (κ1) is 19.2. The number of amides is 1. The number of carbonyl (C=O) groups excluding carboxylic acids is 1. The zero-order valence-electron chi connectivity index (χ0n) is 15.0. The van der Waals surface area contributed by atoms with Crippen LogP contribution in [-0.2, 0) is 17.8 Å². The Labute approximate surface area is 165 Å². The highest BCUT2D eigenvalue weighted by molar-refractivity contribution is 6.35. The smallest absolute Gasteiger partial charge is 0.228 e. The molecular weight excluding hydrogens is 367 g/mol. The second kappa shape index (κ2) is 8.90. The zero-order valence-corrected chi connectivity index (χ0v) is 16.5. The third-order valence-electron chi connectivity index (χ3n) is 4.92. The number of carbonyl (C=O) groups is 1. The van der Waals surface area contributed by atoms with Crippen molar-refractivity contribution in [3.05, 3.63) is 63.6 Å². The van der Waals surface area contributed by atoms with Crippen LogP contribution in [0.5, 0.6) is 0 Å². The standard InChI is InChI=1S/C21H24Cl2N2O/c1-2-15-5-9-19(10-6-15)24-21(26)17-4-3-11-25(14-17)13-16-7-8-18(22)12-20(16)23/h5-10,12,17H,2-4,11,13-14H2,1H3,(H,24,26)/t17-/m0/s1. The van der Waals surface area contributed by atoms with E-state index in [-0.39, 0.29) is 11.8 Å². The summed E-state index contributed by atoms with van der Waals surface area (Å²) in [5.74, 6) is 0.0989. The van der Waals surface area contributed by atoms with E-state index in [0.29, 0.717) is 10.0 Å². The highest BCUT2D eigenvalue weighted by atomic mass is 35.5. The van der Waals surface area contributed by atoms with Crippen LogP contribution in [0.3, 0.4) is 0 Å². The molecule has 1 N–H and O–H groups in total. The summed E-state index contributed by atoms with van der Waals surface area (Å²) in [5.41, 5.74) is 3.18. The van der Waals surface area contributed by atoms with E-state index in [1.165, 1.54) is 5.56 Å². The lowest BCUT2D eigenvalue weighted by molar-refractivity contribution is -0.121. The predicted molar refractivity (Wildman–Crippen MR) is 109 cm³/mol. The Morgan fingerprint density at radius 2 is 1.96 bits per heavy atom. The molecule has 1 heterocycles. The van der Waals surface area contributed by atoms with Crippen LogP contribution in [0.25, 0.3) is 0 Å². The maximum absolute atomic E-state index is 12.7. The van der Waals surface area contributed by atoms with Gasteiger partial charge in [-0.05, 0) is 61.2 Å². The second-order valence-corrected chi connectivity index (χ2v) is 7.69. The molecule has 5 heteroatoms. The van der Waals surface area contributed by atoms with Crippen molar-refractivity contribution in [1.29, 1.82) is 0 Å². The van der Waals surface area contributed by atoms with Gasteiger partial charge in [-0.1, -0.05) is 48.3 Å². The first-order valence-electron chi connectivity index (χ1n) is 9.11. The lowest BCUT2D eigenvalue weighted by Gasteiger charge is -2.32. The van der Waals surface area contributed by atoms with Gasteiger partial charge in [0.15, 0.2) is 0 Å². The summed E-state index contributed by atoms with van der Waals surface area (Å²) in [4.78, 5) is 14.9. The van der Waals surface area contributed by atoms with Crippen molar-refractivity contribution < 1.29 is 4.79 Å². The molecule has 2 aromatic rings. The molecule has 0 radical (unpaired) electrons. The summed E-state index contributed by atoms with van der Waals surface area (Å²) < 4.78 is 0. The molecule has 1 fully saturated rings. The minimum Gasteiger partial charge on any atom is -0.326 e. The molecule has 0 unspecified atom stereocenters.